The van der Waals surface area contributed by atoms with E-state index >= 15 is 0 Å². The standard InChI is InChI=1S/C26H35N5O4S2/c1-7-11-31-23(34)18-15-10-9-14(26(3,4)8-2)12-17(15)37-21(18)28-24(31)36-13-16(32)19-20(27)29(5)25(35)30(6)22(19)33/h14H,7-13,27H2,1-6H3/t14-/m1/s1. The van der Waals surface area contributed by atoms with Gasteiger partial charge < -0.3 is 5.73 Å². The smallest absolute Gasteiger partial charge is 0.332 e. The van der Waals surface area contributed by atoms with Crippen LogP contribution in [-0.2, 0) is 33.5 Å². The van der Waals surface area contributed by atoms with E-state index in [2.05, 4.69) is 20.8 Å². The number of fused-ring (bicyclic) bond motifs is 3. The number of Topliss-reactive ketones (excluding diaryl/α,β-unsaturated/α-hetero) is 1. The second kappa shape index (κ2) is 10.2. The molecule has 4 rings (SSSR count). The summed E-state index contributed by atoms with van der Waals surface area (Å²) in [5, 5.41) is 1.17. The van der Waals surface area contributed by atoms with Crippen LogP contribution in [0.2, 0.25) is 0 Å². The van der Waals surface area contributed by atoms with Crippen molar-refractivity contribution in [3.05, 3.63) is 47.2 Å². The van der Waals surface area contributed by atoms with Crippen LogP contribution in [0.4, 0.5) is 5.82 Å². The van der Waals surface area contributed by atoms with Gasteiger partial charge in [-0.05, 0) is 42.6 Å². The molecular formula is C26H35N5O4S2. The maximum absolute atomic E-state index is 13.7. The summed E-state index contributed by atoms with van der Waals surface area (Å²) in [6.07, 6.45) is 4.75. The maximum atomic E-state index is 13.7. The molecule has 9 nitrogen and oxygen atoms in total. The molecule has 1 atom stereocenters. The van der Waals surface area contributed by atoms with E-state index in [-0.39, 0.29) is 28.1 Å². The Hall–Kier alpha value is -2.66. The zero-order valence-electron chi connectivity index (χ0n) is 22.3. The Morgan fingerprint density at radius 3 is 2.51 bits per heavy atom. The molecule has 37 heavy (non-hydrogen) atoms. The van der Waals surface area contributed by atoms with Gasteiger partial charge in [0, 0.05) is 25.5 Å². The van der Waals surface area contributed by atoms with Crippen molar-refractivity contribution in [2.45, 2.75) is 71.5 Å². The molecule has 3 aromatic heterocycles. The number of hydrogen-bond donors (Lipinski definition) is 1. The van der Waals surface area contributed by atoms with Gasteiger partial charge in [-0.3, -0.25) is 28.1 Å². The third-order valence-electron chi connectivity index (χ3n) is 7.92. The summed E-state index contributed by atoms with van der Waals surface area (Å²) >= 11 is 2.72. The Balaban J connectivity index is 1.71. The summed E-state index contributed by atoms with van der Waals surface area (Å²) < 4.78 is 3.60. The van der Waals surface area contributed by atoms with Crippen LogP contribution in [-0.4, -0.2) is 30.2 Å². The summed E-state index contributed by atoms with van der Waals surface area (Å²) in [5.74, 6) is -0.232. The number of anilines is 1. The van der Waals surface area contributed by atoms with E-state index in [4.69, 9.17) is 10.7 Å². The Bertz CT molecular complexity index is 1560. The molecule has 0 bridgehead atoms. The topological polar surface area (TPSA) is 122 Å². The molecule has 0 aromatic carbocycles. The van der Waals surface area contributed by atoms with Gasteiger partial charge in [0.05, 0.1) is 11.1 Å². The van der Waals surface area contributed by atoms with Crippen LogP contribution in [0.25, 0.3) is 10.2 Å². The highest BCUT2D eigenvalue weighted by Gasteiger charge is 2.34. The molecule has 0 amide bonds. The fourth-order valence-corrected chi connectivity index (χ4v) is 7.29. The second-order valence-corrected chi connectivity index (χ2v) is 12.5. The quantitative estimate of drug-likeness (QED) is 0.262. The number of nitrogens with zero attached hydrogens (tertiary/aromatic N) is 4. The van der Waals surface area contributed by atoms with Crippen molar-refractivity contribution in [3.63, 3.8) is 0 Å². The van der Waals surface area contributed by atoms with Gasteiger partial charge in [0.1, 0.15) is 16.2 Å². The van der Waals surface area contributed by atoms with Crippen LogP contribution >= 0.6 is 23.1 Å². The summed E-state index contributed by atoms with van der Waals surface area (Å²) in [5.41, 5.74) is 5.73. The van der Waals surface area contributed by atoms with Crippen LogP contribution in [0.5, 0.6) is 0 Å². The molecule has 200 valence electrons. The molecule has 0 aliphatic heterocycles. The molecule has 0 fully saturated rings. The van der Waals surface area contributed by atoms with Crippen LogP contribution in [0.3, 0.4) is 0 Å². The molecule has 0 saturated heterocycles. The summed E-state index contributed by atoms with van der Waals surface area (Å²) in [7, 11) is 2.73. The monoisotopic (exact) mass is 545 g/mol. The first kappa shape index (κ1) is 27.4. The van der Waals surface area contributed by atoms with Crippen LogP contribution in [0.1, 0.15) is 67.8 Å². The summed E-state index contributed by atoms with van der Waals surface area (Å²) in [6, 6.07) is 0. The number of carbonyl (C=O) groups excluding carboxylic acids is 1. The number of carbonyl (C=O) groups is 1. The number of aryl methyl sites for hydroxylation is 1. The normalized spacial score (nSPS) is 15.8. The number of hydrogen-bond acceptors (Lipinski definition) is 8. The van der Waals surface area contributed by atoms with Crippen molar-refractivity contribution in [1.29, 1.82) is 0 Å². The number of nitrogen functional groups attached to an aromatic ring is 1. The average Bonchev–Trinajstić information content (AvgIpc) is 3.24. The van der Waals surface area contributed by atoms with E-state index < -0.39 is 17.0 Å². The van der Waals surface area contributed by atoms with Crippen molar-refractivity contribution in [3.8, 4) is 0 Å². The SMILES string of the molecule is CCCn1c(SCC(=O)c2c(N)n(C)c(=O)n(C)c2=O)nc2sc3c(c2c1=O)CC[C@@H](C(C)(C)CC)C3. The van der Waals surface area contributed by atoms with Crippen LogP contribution in [0, 0.1) is 11.3 Å². The number of nitrogens with two attached hydrogens (primary N) is 1. The van der Waals surface area contributed by atoms with Gasteiger partial charge in [-0.1, -0.05) is 45.9 Å². The molecule has 1 aliphatic carbocycles. The Kier molecular flexibility index (Phi) is 7.58. The minimum absolute atomic E-state index is 0.0648. The molecule has 0 unspecified atom stereocenters. The lowest BCUT2D eigenvalue weighted by molar-refractivity contribution is 0.102. The van der Waals surface area contributed by atoms with Gasteiger partial charge in [0.15, 0.2) is 10.9 Å². The molecule has 0 saturated carbocycles. The fraction of sp³-hybridized carbons (Fsp3) is 0.577. The Morgan fingerprint density at radius 1 is 1.16 bits per heavy atom. The highest BCUT2D eigenvalue weighted by molar-refractivity contribution is 7.99. The third-order valence-corrected chi connectivity index (χ3v) is 10.0. The van der Waals surface area contributed by atoms with E-state index in [1.54, 1.807) is 15.9 Å². The minimum Gasteiger partial charge on any atom is -0.384 e. The minimum atomic E-state index is -0.726. The molecule has 3 aromatic rings. The van der Waals surface area contributed by atoms with Crippen LogP contribution in [0.15, 0.2) is 19.5 Å². The zero-order chi connectivity index (χ0) is 27.2. The van der Waals surface area contributed by atoms with Crippen molar-refractivity contribution in [2.75, 3.05) is 11.5 Å². The third kappa shape index (κ3) is 4.71. The maximum Gasteiger partial charge on any atom is 0.332 e. The Labute approximate surface area is 223 Å². The van der Waals surface area contributed by atoms with Gasteiger partial charge in [0.2, 0.25) is 0 Å². The first-order valence-electron chi connectivity index (χ1n) is 12.7. The average molecular weight is 546 g/mol. The first-order valence-corrected chi connectivity index (χ1v) is 14.5. The van der Waals surface area contributed by atoms with Crippen molar-refractivity contribution in [1.82, 2.24) is 18.7 Å². The highest BCUT2D eigenvalue weighted by atomic mass is 32.2. The molecule has 2 N–H and O–H groups in total. The lowest BCUT2D eigenvalue weighted by Gasteiger charge is -2.36. The van der Waals surface area contributed by atoms with Crippen molar-refractivity contribution in [2.24, 2.45) is 25.4 Å². The molecule has 0 spiro atoms. The van der Waals surface area contributed by atoms with E-state index in [1.807, 2.05) is 6.92 Å². The largest absolute Gasteiger partial charge is 0.384 e. The summed E-state index contributed by atoms with van der Waals surface area (Å²) in [4.78, 5) is 58.3. The number of thiophene rings is 1. The van der Waals surface area contributed by atoms with Gasteiger partial charge in [-0.25, -0.2) is 9.78 Å². The predicted octanol–water partition coefficient (Wildman–Crippen LogP) is 3.36. The van der Waals surface area contributed by atoms with Gasteiger partial charge in [0.25, 0.3) is 11.1 Å². The number of thioether (sulfide) groups is 1. The lowest BCUT2D eigenvalue weighted by Crippen LogP contribution is -2.41. The van der Waals surface area contributed by atoms with Gasteiger partial charge in [-0.2, -0.15) is 0 Å². The number of rotatable bonds is 8. The first-order chi connectivity index (χ1) is 17.4. The molecule has 1 aliphatic rings. The van der Waals surface area contributed by atoms with E-state index in [0.29, 0.717) is 27.8 Å². The molecule has 0 radical (unpaired) electrons. The molecule has 11 heteroatoms. The molecule has 3 heterocycles. The van der Waals surface area contributed by atoms with Crippen molar-refractivity contribution < 1.29 is 4.79 Å². The summed E-state index contributed by atoms with van der Waals surface area (Å²) in [6.45, 7) is 9.34. The number of aromatic nitrogens is 4. The fourth-order valence-electron chi connectivity index (χ4n) is 5.05. The molecular weight excluding hydrogens is 510 g/mol. The predicted molar refractivity (Wildman–Crippen MR) is 150 cm³/mol. The highest BCUT2D eigenvalue weighted by Crippen LogP contribution is 2.43. The van der Waals surface area contributed by atoms with Gasteiger partial charge in [-0.15, -0.1) is 11.3 Å². The lowest BCUT2D eigenvalue weighted by atomic mass is 9.70. The van der Waals surface area contributed by atoms with Crippen molar-refractivity contribution >= 4 is 44.9 Å². The van der Waals surface area contributed by atoms with Gasteiger partial charge >= 0.3 is 5.69 Å². The zero-order valence-corrected chi connectivity index (χ0v) is 24.0. The van der Waals surface area contributed by atoms with E-state index in [9.17, 15) is 19.2 Å². The Morgan fingerprint density at radius 2 is 1.86 bits per heavy atom. The van der Waals surface area contributed by atoms with E-state index in [1.165, 1.54) is 19.0 Å². The number of ketones is 1. The van der Waals surface area contributed by atoms with E-state index in [0.717, 1.165) is 58.6 Å². The van der Waals surface area contributed by atoms with Crippen LogP contribution < -0.4 is 22.5 Å². The second-order valence-electron chi connectivity index (χ2n) is 10.5.